The van der Waals surface area contributed by atoms with E-state index in [1.165, 1.54) is 5.56 Å². The van der Waals surface area contributed by atoms with Gasteiger partial charge in [0.05, 0.1) is 24.6 Å². The van der Waals surface area contributed by atoms with Gasteiger partial charge in [0, 0.05) is 18.2 Å². The van der Waals surface area contributed by atoms with Crippen LogP contribution in [0, 0.1) is 0 Å². The van der Waals surface area contributed by atoms with Crippen molar-refractivity contribution in [3.8, 4) is 33.9 Å². The quantitative estimate of drug-likeness (QED) is 0.483. The van der Waals surface area contributed by atoms with Crippen molar-refractivity contribution >= 4 is 5.65 Å². The Hall–Kier alpha value is -3.27. The minimum Gasteiger partial charge on any atom is -0.493 e. The molecule has 4 aromatic rings. The van der Waals surface area contributed by atoms with Crippen molar-refractivity contribution in [2.45, 2.75) is 26.4 Å². The molecule has 0 N–H and O–H groups in total. The zero-order chi connectivity index (χ0) is 19.1. The molecule has 5 rings (SSSR count). The van der Waals surface area contributed by atoms with Gasteiger partial charge in [0.2, 0.25) is 0 Å². The molecular formula is C24H22N2O2. The minimum atomic E-state index is 0.174. The number of nitrogens with zero attached hydrogens (tertiary/aromatic N) is 2. The molecule has 0 bridgehead atoms. The van der Waals surface area contributed by atoms with Crippen molar-refractivity contribution in [1.29, 1.82) is 0 Å². The van der Waals surface area contributed by atoms with Crippen LogP contribution in [-0.4, -0.2) is 22.1 Å². The Morgan fingerprint density at radius 3 is 2.57 bits per heavy atom. The SMILES string of the molecule is CC(C)Oc1ccc(-c2ccc3ncc(-c4ccc5c(c4)CCO5)n3c2)cc1. The summed E-state index contributed by atoms with van der Waals surface area (Å²) in [7, 11) is 0. The van der Waals surface area contributed by atoms with Crippen LogP contribution in [0.5, 0.6) is 11.5 Å². The molecule has 0 radical (unpaired) electrons. The number of hydrogen-bond donors (Lipinski definition) is 0. The second-order valence-corrected chi connectivity index (χ2v) is 7.40. The van der Waals surface area contributed by atoms with Gasteiger partial charge in [-0.25, -0.2) is 4.98 Å². The van der Waals surface area contributed by atoms with Gasteiger partial charge in [-0.2, -0.15) is 0 Å². The Morgan fingerprint density at radius 2 is 1.75 bits per heavy atom. The van der Waals surface area contributed by atoms with Crippen LogP contribution in [0.3, 0.4) is 0 Å². The largest absolute Gasteiger partial charge is 0.493 e. The summed E-state index contributed by atoms with van der Waals surface area (Å²) >= 11 is 0. The number of imidazole rings is 1. The van der Waals surface area contributed by atoms with E-state index in [-0.39, 0.29) is 6.10 Å². The van der Waals surface area contributed by atoms with Gasteiger partial charge >= 0.3 is 0 Å². The third kappa shape index (κ3) is 3.01. The summed E-state index contributed by atoms with van der Waals surface area (Å²) in [4.78, 5) is 4.58. The topological polar surface area (TPSA) is 35.8 Å². The predicted octanol–water partition coefficient (Wildman–Crippen LogP) is 5.39. The summed E-state index contributed by atoms with van der Waals surface area (Å²) in [5, 5.41) is 0. The number of ether oxygens (including phenoxy) is 2. The molecule has 0 fully saturated rings. The van der Waals surface area contributed by atoms with Gasteiger partial charge in [0.25, 0.3) is 0 Å². The van der Waals surface area contributed by atoms with Gasteiger partial charge < -0.3 is 9.47 Å². The molecule has 2 aromatic carbocycles. The van der Waals surface area contributed by atoms with Crippen LogP contribution < -0.4 is 9.47 Å². The molecule has 0 saturated heterocycles. The lowest BCUT2D eigenvalue weighted by molar-refractivity contribution is 0.242. The third-order valence-electron chi connectivity index (χ3n) is 5.05. The van der Waals surface area contributed by atoms with E-state index in [2.05, 4.69) is 58.0 Å². The molecule has 3 heterocycles. The van der Waals surface area contributed by atoms with Crippen molar-refractivity contribution < 1.29 is 9.47 Å². The standard InChI is InChI=1S/C24H22N2O2/c1-16(2)28-21-7-3-17(4-8-21)20-6-10-24-25-14-22(26(24)15-20)18-5-9-23-19(13-18)11-12-27-23/h3-10,13-16H,11-12H2,1-2H3. The first-order valence-electron chi connectivity index (χ1n) is 9.68. The van der Waals surface area contributed by atoms with Crippen molar-refractivity contribution in [3.05, 3.63) is 72.6 Å². The van der Waals surface area contributed by atoms with Crippen LogP contribution in [0.2, 0.25) is 0 Å². The summed E-state index contributed by atoms with van der Waals surface area (Å²) in [6, 6.07) is 18.8. The zero-order valence-corrected chi connectivity index (χ0v) is 16.1. The van der Waals surface area contributed by atoms with Gasteiger partial charge in [-0.3, -0.25) is 4.40 Å². The molecule has 2 aromatic heterocycles. The maximum Gasteiger partial charge on any atom is 0.137 e. The van der Waals surface area contributed by atoms with E-state index in [4.69, 9.17) is 9.47 Å². The van der Waals surface area contributed by atoms with E-state index in [9.17, 15) is 0 Å². The Morgan fingerprint density at radius 1 is 0.964 bits per heavy atom. The van der Waals surface area contributed by atoms with E-state index in [0.29, 0.717) is 0 Å². The highest BCUT2D eigenvalue weighted by Crippen LogP contribution is 2.32. The van der Waals surface area contributed by atoms with Crippen molar-refractivity contribution in [1.82, 2.24) is 9.38 Å². The number of hydrogen-bond acceptors (Lipinski definition) is 3. The Labute approximate surface area is 164 Å². The number of aromatic nitrogens is 2. The molecule has 28 heavy (non-hydrogen) atoms. The number of benzene rings is 2. The van der Waals surface area contributed by atoms with Gasteiger partial charge in [-0.1, -0.05) is 12.1 Å². The second-order valence-electron chi connectivity index (χ2n) is 7.40. The summed E-state index contributed by atoms with van der Waals surface area (Å²) < 4.78 is 13.5. The van der Waals surface area contributed by atoms with Crippen molar-refractivity contribution in [3.63, 3.8) is 0 Å². The van der Waals surface area contributed by atoms with E-state index < -0.39 is 0 Å². The Bertz CT molecular complexity index is 1140. The van der Waals surface area contributed by atoms with Crippen molar-refractivity contribution in [2.24, 2.45) is 0 Å². The number of rotatable bonds is 4. The summed E-state index contributed by atoms with van der Waals surface area (Å²) in [5.41, 5.74) is 6.76. The smallest absolute Gasteiger partial charge is 0.137 e. The third-order valence-corrected chi connectivity index (χ3v) is 5.05. The maximum absolute atomic E-state index is 5.75. The summed E-state index contributed by atoms with van der Waals surface area (Å²) in [6.45, 7) is 4.84. The summed E-state index contributed by atoms with van der Waals surface area (Å²) in [6.07, 6.45) is 5.24. The Balaban J connectivity index is 1.53. The van der Waals surface area contributed by atoms with Crippen LogP contribution in [-0.2, 0) is 6.42 Å². The normalized spacial score (nSPS) is 13.0. The maximum atomic E-state index is 5.75. The minimum absolute atomic E-state index is 0.174. The molecule has 4 nitrogen and oxygen atoms in total. The van der Waals surface area contributed by atoms with Crippen LogP contribution in [0.25, 0.3) is 28.0 Å². The number of pyridine rings is 1. The predicted molar refractivity (Wildman–Crippen MR) is 111 cm³/mol. The molecular weight excluding hydrogens is 348 g/mol. The average molecular weight is 370 g/mol. The second kappa shape index (κ2) is 6.71. The zero-order valence-electron chi connectivity index (χ0n) is 16.1. The molecule has 0 unspecified atom stereocenters. The fraction of sp³-hybridized carbons (Fsp3) is 0.208. The lowest BCUT2D eigenvalue weighted by Crippen LogP contribution is -2.05. The van der Waals surface area contributed by atoms with Crippen LogP contribution in [0.15, 0.2) is 67.0 Å². The van der Waals surface area contributed by atoms with Crippen LogP contribution in [0.4, 0.5) is 0 Å². The molecule has 0 aliphatic carbocycles. The van der Waals surface area contributed by atoms with E-state index in [1.54, 1.807) is 0 Å². The van der Waals surface area contributed by atoms with Crippen LogP contribution in [0.1, 0.15) is 19.4 Å². The molecule has 0 saturated carbocycles. The number of fused-ring (bicyclic) bond motifs is 2. The fourth-order valence-electron chi connectivity index (χ4n) is 3.71. The van der Waals surface area contributed by atoms with Gasteiger partial charge in [0.1, 0.15) is 17.1 Å². The van der Waals surface area contributed by atoms with Gasteiger partial charge in [-0.15, -0.1) is 0 Å². The molecule has 140 valence electrons. The first-order valence-corrected chi connectivity index (χ1v) is 9.68. The molecule has 0 amide bonds. The van der Waals surface area contributed by atoms with E-state index >= 15 is 0 Å². The highest BCUT2D eigenvalue weighted by atomic mass is 16.5. The Kier molecular flexibility index (Phi) is 4.05. The molecule has 0 spiro atoms. The monoisotopic (exact) mass is 370 g/mol. The molecule has 0 atom stereocenters. The van der Waals surface area contributed by atoms with Crippen molar-refractivity contribution in [2.75, 3.05) is 6.61 Å². The molecule has 1 aliphatic heterocycles. The highest BCUT2D eigenvalue weighted by Gasteiger charge is 2.14. The molecule has 4 heteroatoms. The highest BCUT2D eigenvalue weighted by molar-refractivity contribution is 5.70. The van der Waals surface area contributed by atoms with E-state index in [0.717, 1.165) is 52.6 Å². The van der Waals surface area contributed by atoms with Gasteiger partial charge in [-0.05, 0) is 73.0 Å². The average Bonchev–Trinajstić information content (AvgIpc) is 3.33. The molecule has 1 aliphatic rings. The van der Waals surface area contributed by atoms with E-state index in [1.807, 2.05) is 32.2 Å². The lowest BCUT2D eigenvalue weighted by Gasteiger charge is -2.11. The van der Waals surface area contributed by atoms with Crippen LogP contribution >= 0.6 is 0 Å². The first-order chi connectivity index (χ1) is 13.7. The fourth-order valence-corrected chi connectivity index (χ4v) is 3.71. The van der Waals surface area contributed by atoms with Gasteiger partial charge in [0.15, 0.2) is 0 Å². The lowest BCUT2D eigenvalue weighted by atomic mass is 10.1. The first kappa shape index (κ1) is 16.9. The summed E-state index contributed by atoms with van der Waals surface area (Å²) in [5.74, 6) is 1.89.